The second-order valence-electron chi connectivity index (χ2n) is 5.15. The van der Waals surface area contributed by atoms with Crippen LogP contribution in [0.2, 0.25) is 0 Å². The van der Waals surface area contributed by atoms with E-state index in [1.807, 2.05) is 48.8 Å². The number of hydrogen-bond donors (Lipinski definition) is 3. The van der Waals surface area contributed by atoms with Gasteiger partial charge in [-0.25, -0.2) is 0 Å². The second kappa shape index (κ2) is 11.9. The summed E-state index contributed by atoms with van der Waals surface area (Å²) < 4.78 is 3.07. The van der Waals surface area contributed by atoms with Crippen molar-refractivity contribution >= 4 is 57.5 Å². The molecule has 0 aliphatic heterocycles. The highest BCUT2D eigenvalue weighted by Gasteiger charge is 2.03. The lowest BCUT2D eigenvalue weighted by molar-refractivity contribution is -0.116. The third-order valence-corrected chi connectivity index (χ3v) is 3.85. The van der Waals surface area contributed by atoms with Crippen molar-refractivity contribution < 1.29 is 4.79 Å². The van der Waals surface area contributed by atoms with E-state index in [1.165, 1.54) is 0 Å². The number of halogens is 2. The van der Waals surface area contributed by atoms with Crippen molar-refractivity contribution in [3.63, 3.8) is 0 Å². The Morgan fingerprint density at radius 2 is 1.76 bits per heavy atom. The molecule has 136 valence electrons. The van der Waals surface area contributed by atoms with Gasteiger partial charge in [0.2, 0.25) is 5.91 Å². The van der Waals surface area contributed by atoms with E-state index in [0.29, 0.717) is 18.9 Å². The summed E-state index contributed by atoms with van der Waals surface area (Å²) in [7, 11) is 1.72. The summed E-state index contributed by atoms with van der Waals surface area (Å²) in [6, 6.07) is 11.5. The zero-order valence-corrected chi connectivity index (χ0v) is 18.0. The normalized spacial score (nSPS) is 10.7. The van der Waals surface area contributed by atoms with Crippen LogP contribution in [0.4, 0.5) is 5.69 Å². The Kier molecular flexibility index (Phi) is 10.2. The van der Waals surface area contributed by atoms with Gasteiger partial charge in [0.05, 0.1) is 0 Å². The van der Waals surface area contributed by atoms with E-state index in [4.69, 9.17) is 0 Å². The first-order valence-corrected chi connectivity index (χ1v) is 8.57. The smallest absolute Gasteiger partial charge is 0.226 e. The summed E-state index contributed by atoms with van der Waals surface area (Å²) in [5, 5.41) is 9.21. The molecule has 1 amide bonds. The molecule has 0 fully saturated rings. The molecule has 3 N–H and O–H groups in total. The van der Waals surface area contributed by atoms with E-state index < -0.39 is 0 Å². The predicted molar refractivity (Wildman–Crippen MR) is 117 cm³/mol. The largest absolute Gasteiger partial charge is 0.356 e. The molecule has 0 unspecified atom stereocenters. The number of rotatable bonds is 7. The quantitative estimate of drug-likeness (QED) is 0.299. The van der Waals surface area contributed by atoms with Gasteiger partial charge in [-0.05, 0) is 36.4 Å². The van der Waals surface area contributed by atoms with Gasteiger partial charge in [0.15, 0.2) is 5.96 Å². The Bertz CT molecular complexity index is 658. The van der Waals surface area contributed by atoms with Gasteiger partial charge in [-0.2, -0.15) is 0 Å². The molecule has 1 aromatic carbocycles. The molecule has 2 aromatic rings. The number of anilines is 1. The summed E-state index contributed by atoms with van der Waals surface area (Å²) in [4.78, 5) is 16.1. The molecule has 0 atom stereocenters. The average molecular weight is 520 g/mol. The molecule has 1 aromatic heterocycles. The third-order valence-electron chi connectivity index (χ3n) is 3.32. The first-order valence-electron chi connectivity index (χ1n) is 7.78. The van der Waals surface area contributed by atoms with Gasteiger partial charge >= 0.3 is 0 Å². The van der Waals surface area contributed by atoms with Crippen molar-refractivity contribution in [2.24, 2.45) is 4.99 Å². The van der Waals surface area contributed by atoms with Crippen LogP contribution in [0, 0.1) is 0 Å². The predicted octanol–water partition coefficient (Wildman–Crippen LogP) is 3.06. The van der Waals surface area contributed by atoms with Crippen molar-refractivity contribution in [2.75, 3.05) is 25.5 Å². The van der Waals surface area contributed by atoms with Gasteiger partial charge < -0.3 is 20.5 Å². The highest BCUT2D eigenvalue weighted by atomic mass is 127. The maximum absolute atomic E-state index is 11.9. The van der Waals surface area contributed by atoms with Crippen molar-refractivity contribution in [3.8, 4) is 0 Å². The molecule has 6 nitrogen and oxygen atoms in total. The topological polar surface area (TPSA) is 70.4 Å². The fourth-order valence-corrected chi connectivity index (χ4v) is 2.36. The van der Waals surface area contributed by atoms with Crippen molar-refractivity contribution in [2.45, 2.75) is 13.0 Å². The van der Waals surface area contributed by atoms with Gasteiger partial charge in [0.1, 0.15) is 0 Å². The number of nitrogens with zero attached hydrogens (tertiary/aromatic N) is 2. The summed E-state index contributed by atoms with van der Waals surface area (Å²) in [6.07, 6.45) is 4.41. The molecule has 1 heterocycles. The minimum Gasteiger partial charge on any atom is -0.356 e. The molecule has 0 saturated heterocycles. The highest BCUT2D eigenvalue weighted by Crippen LogP contribution is 2.14. The first kappa shape index (κ1) is 21.5. The molecule has 8 heteroatoms. The number of amides is 1. The van der Waals surface area contributed by atoms with Crippen molar-refractivity contribution in [1.82, 2.24) is 15.2 Å². The van der Waals surface area contributed by atoms with Crippen LogP contribution in [0.5, 0.6) is 0 Å². The Hall–Kier alpha value is -1.55. The minimum absolute atomic E-state index is 0. The molecule has 25 heavy (non-hydrogen) atoms. The molecule has 0 saturated carbocycles. The SMILES string of the molecule is CN=C(NCCC(=O)Nc1ccc(Br)cc1)NCCn1cccc1.I. The van der Waals surface area contributed by atoms with E-state index in [-0.39, 0.29) is 29.9 Å². The molecule has 0 bridgehead atoms. The van der Waals surface area contributed by atoms with Crippen LogP contribution in [0.25, 0.3) is 0 Å². The number of carbonyl (C=O) groups excluding carboxylic acids is 1. The molecule has 0 aliphatic rings. The zero-order valence-electron chi connectivity index (χ0n) is 14.0. The number of aliphatic imine (C=N–C) groups is 1. The standard InChI is InChI=1S/C17H22BrN5O.HI/c1-19-17(21-10-13-23-11-2-3-12-23)20-9-8-16(24)22-15-6-4-14(18)5-7-15;/h2-7,11-12H,8-10,13H2,1H3,(H,22,24)(H2,19,20,21);1H. The van der Waals surface area contributed by atoms with Gasteiger partial charge in [-0.15, -0.1) is 24.0 Å². The summed E-state index contributed by atoms with van der Waals surface area (Å²) in [5.74, 6) is 0.659. The van der Waals surface area contributed by atoms with E-state index in [9.17, 15) is 4.79 Å². The van der Waals surface area contributed by atoms with Gasteiger partial charge in [0, 0.05) is 55.7 Å². The van der Waals surface area contributed by atoms with E-state index in [0.717, 1.165) is 23.2 Å². The fraction of sp³-hybridized carbons (Fsp3) is 0.294. The molecular weight excluding hydrogens is 497 g/mol. The highest BCUT2D eigenvalue weighted by molar-refractivity contribution is 14.0. The molecule has 2 rings (SSSR count). The van der Waals surface area contributed by atoms with Crippen LogP contribution in [0.15, 0.2) is 58.3 Å². The summed E-state index contributed by atoms with van der Waals surface area (Å²) >= 11 is 3.37. The third kappa shape index (κ3) is 8.39. The monoisotopic (exact) mass is 519 g/mol. The van der Waals surface area contributed by atoms with E-state index in [2.05, 4.69) is 41.4 Å². The van der Waals surface area contributed by atoms with E-state index in [1.54, 1.807) is 7.05 Å². The number of nitrogens with one attached hydrogen (secondary N) is 3. The Morgan fingerprint density at radius 3 is 2.40 bits per heavy atom. The lowest BCUT2D eigenvalue weighted by Gasteiger charge is -2.12. The van der Waals surface area contributed by atoms with Gasteiger partial charge in [-0.1, -0.05) is 15.9 Å². The Balaban J connectivity index is 0.00000312. The van der Waals surface area contributed by atoms with Gasteiger partial charge in [-0.3, -0.25) is 9.79 Å². The van der Waals surface area contributed by atoms with Crippen LogP contribution < -0.4 is 16.0 Å². The summed E-state index contributed by atoms with van der Waals surface area (Å²) in [6.45, 7) is 2.14. The number of hydrogen-bond acceptors (Lipinski definition) is 2. The lowest BCUT2D eigenvalue weighted by Crippen LogP contribution is -2.40. The van der Waals surface area contributed by atoms with Crippen molar-refractivity contribution in [3.05, 3.63) is 53.3 Å². The van der Waals surface area contributed by atoms with Crippen molar-refractivity contribution in [1.29, 1.82) is 0 Å². The second-order valence-corrected chi connectivity index (χ2v) is 6.07. The Morgan fingerprint density at radius 1 is 1.12 bits per heavy atom. The van der Waals surface area contributed by atoms with Crippen LogP contribution in [0.1, 0.15) is 6.42 Å². The average Bonchev–Trinajstić information content (AvgIpc) is 3.09. The number of carbonyl (C=O) groups is 1. The van der Waals surface area contributed by atoms with Crippen LogP contribution in [-0.4, -0.2) is 36.6 Å². The number of benzene rings is 1. The molecule has 0 spiro atoms. The molecular formula is C17H23BrIN5O. The maximum atomic E-state index is 11.9. The molecule has 0 aliphatic carbocycles. The summed E-state index contributed by atoms with van der Waals surface area (Å²) in [5.41, 5.74) is 0.789. The number of guanidine groups is 1. The minimum atomic E-state index is -0.0346. The van der Waals surface area contributed by atoms with Crippen LogP contribution in [0.3, 0.4) is 0 Å². The Labute approximate surface area is 173 Å². The van der Waals surface area contributed by atoms with Crippen LogP contribution in [-0.2, 0) is 11.3 Å². The molecule has 0 radical (unpaired) electrons. The fourth-order valence-electron chi connectivity index (χ4n) is 2.09. The first-order chi connectivity index (χ1) is 11.7. The van der Waals surface area contributed by atoms with Crippen LogP contribution >= 0.6 is 39.9 Å². The van der Waals surface area contributed by atoms with Gasteiger partial charge in [0.25, 0.3) is 0 Å². The zero-order chi connectivity index (χ0) is 17.2. The number of aromatic nitrogens is 1. The van der Waals surface area contributed by atoms with E-state index >= 15 is 0 Å². The lowest BCUT2D eigenvalue weighted by atomic mass is 10.3. The maximum Gasteiger partial charge on any atom is 0.226 e.